The summed E-state index contributed by atoms with van der Waals surface area (Å²) in [6.07, 6.45) is 7.59. The van der Waals surface area contributed by atoms with E-state index in [1.165, 1.54) is 16.8 Å². The molecule has 3 heterocycles. The highest BCUT2D eigenvalue weighted by molar-refractivity contribution is 5.81. The Balaban J connectivity index is 1.23. The minimum Gasteiger partial charge on any atom is -0.381 e. The number of nitrogens with zero attached hydrogens (tertiary/aromatic N) is 3. The summed E-state index contributed by atoms with van der Waals surface area (Å²) in [5.74, 6) is 0.688. The molecule has 7 nitrogen and oxygen atoms in total. The zero-order valence-corrected chi connectivity index (χ0v) is 20.2. The number of nitrogens with one attached hydrogen (secondary N) is 1. The van der Waals surface area contributed by atoms with Gasteiger partial charge in [-0.2, -0.15) is 0 Å². The first-order valence-electron chi connectivity index (χ1n) is 12.7. The Morgan fingerprint density at radius 3 is 2.45 bits per heavy atom. The maximum atomic E-state index is 13.5. The molecule has 3 aliphatic heterocycles. The van der Waals surface area contributed by atoms with Crippen LogP contribution in [0.3, 0.4) is 0 Å². The van der Waals surface area contributed by atoms with Gasteiger partial charge in [0.25, 0.3) is 0 Å². The van der Waals surface area contributed by atoms with E-state index >= 15 is 0 Å². The van der Waals surface area contributed by atoms with Gasteiger partial charge in [-0.05, 0) is 74.5 Å². The smallest absolute Gasteiger partial charge is 0.226 e. The number of likely N-dealkylation sites (tertiary alicyclic amines) is 1. The third kappa shape index (κ3) is 4.09. The lowest BCUT2D eigenvalue weighted by molar-refractivity contribution is -0.148. The van der Waals surface area contributed by atoms with Gasteiger partial charge in [-0.15, -0.1) is 0 Å². The Bertz CT molecular complexity index is 894. The van der Waals surface area contributed by atoms with Crippen LogP contribution in [0.15, 0.2) is 18.2 Å². The molecule has 1 spiro atoms. The second-order valence-corrected chi connectivity index (χ2v) is 10.7. The van der Waals surface area contributed by atoms with Gasteiger partial charge in [0.1, 0.15) is 0 Å². The highest BCUT2D eigenvalue weighted by atomic mass is 16.5. The summed E-state index contributed by atoms with van der Waals surface area (Å²) in [6, 6.07) is 6.79. The van der Waals surface area contributed by atoms with E-state index in [-0.39, 0.29) is 17.9 Å². The van der Waals surface area contributed by atoms with Crippen LogP contribution in [0, 0.1) is 16.7 Å². The van der Waals surface area contributed by atoms with Gasteiger partial charge in [-0.1, -0.05) is 12.1 Å². The van der Waals surface area contributed by atoms with Crippen LogP contribution in [0.25, 0.3) is 0 Å². The zero-order chi connectivity index (χ0) is 23.2. The molecule has 5 rings (SSSR count). The van der Waals surface area contributed by atoms with E-state index in [9.17, 15) is 4.79 Å². The molecule has 3 fully saturated rings. The molecule has 7 heteroatoms. The van der Waals surface area contributed by atoms with Gasteiger partial charge in [-0.3, -0.25) is 10.2 Å². The Morgan fingerprint density at radius 1 is 1.12 bits per heavy atom. The van der Waals surface area contributed by atoms with Crippen LogP contribution in [0.4, 0.5) is 5.69 Å². The quantitative estimate of drug-likeness (QED) is 0.542. The first kappa shape index (κ1) is 22.5. The highest BCUT2D eigenvalue weighted by Crippen LogP contribution is 2.53. The third-order valence-electron chi connectivity index (χ3n) is 8.98. The van der Waals surface area contributed by atoms with E-state index < -0.39 is 0 Å². The molecule has 1 aliphatic carbocycles. The number of methoxy groups -OCH3 is 1. The Morgan fingerprint density at radius 2 is 1.82 bits per heavy atom. The SMILES string of the molecule is COC1CCN(c2cccc3c2CCN(C(=O)C2CC4(CCN(C(=N)N)CC4)C2)C3C)CC1. The van der Waals surface area contributed by atoms with E-state index in [0.29, 0.717) is 17.4 Å². The Labute approximate surface area is 197 Å². The van der Waals surface area contributed by atoms with Gasteiger partial charge in [0.05, 0.1) is 12.1 Å². The molecule has 1 amide bonds. The zero-order valence-electron chi connectivity index (χ0n) is 20.2. The number of nitrogens with two attached hydrogens (primary N) is 1. The number of carbonyl (C=O) groups is 1. The van der Waals surface area contributed by atoms with E-state index in [4.69, 9.17) is 15.9 Å². The van der Waals surface area contributed by atoms with Crippen LogP contribution < -0.4 is 10.6 Å². The van der Waals surface area contributed by atoms with Crippen molar-refractivity contribution in [3.05, 3.63) is 29.3 Å². The van der Waals surface area contributed by atoms with Crippen molar-refractivity contribution in [1.82, 2.24) is 9.80 Å². The number of carbonyl (C=O) groups excluding carboxylic acids is 1. The summed E-state index contributed by atoms with van der Waals surface area (Å²) in [4.78, 5) is 20.1. The van der Waals surface area contributed by atoms with Crippen LogP contribution >= 0.6 is 0 Å². The highest BCUT2D eigenvalue weighted by Gasteiger charge is 2.50. The van der Waals surface area contributed by atoms with Gasteiger partial charge >= 0.3 is 0 Å². The molecule has 1 aromatic carbocycles. The number of amides is 1. The van der Waals surface area contributed by atoms with Crippen molar-refractivity contribution in [3.8, 4) is 0 Å². The lowest BCUT2D eigenvalue weighted by atomic mass is 9.57. The number of rotatable bonds is 3. The standard InChI is InChI=1S/C26H39N5O2/c1-18-21-4-3-5-23(29-11-6-20(33-2)7-12-29)22(21)8-13-31(18)24(32)19-16-26(17-19)9-14-30(15-10-26)25(27)28/h3-5,18-20H,6-17H2,1-2H3,(H3,27,28). The van der Waals surface area contributed by atoms with Crippen molar-refractivity contribution >= 4 is 17.6 Å². The lowest BCUT2D eigenvalue weighted by Gasteiger charge is -2.53. The normalized spacial score (nSPS) is 25.6. The molecule has 0 aromatic heterocycles. The van der Waals surface area contributed by atoms with Crippen molar-refractivity contribution in [3.63, 3.8) is 0 Å². The van der Waals surface area contributed by atoms with Crippen molar-refractivity contribution in [2.24, 2.45) is 17.1 Å². The fourth-order valence-corrected chi connectivity index (χ4v) is 6.80. The summed E-state index contributed by atoms with van der Waals surface area (Å²) < 4.78 is 5.55. The summed E-state index contributed by atoms with van der Waals surface area (Å²) in [6.45, 7) is 6.81. The second kappa shape index (κ2) is 8.82. The maximum Gasteiger partial charge on any atom is 0.226 e. The predicted molar refractivity (Wildman–Crippen MR) is 130 cm³/mol. The summed E-state index contributed by atoms with van der Waals surface area (Å²) in [7, 11) is 1.82. The number of fused-ring (bicyclic) bond motifs is 1. The summed E-state index contributed by atoms with van der Waals surface area (Å²) in [5.41, 5.74) is 10.1. The topological polar surface area (TPSA) is 85.9 Å². The fourth-order valence-electron chi connectivity index (χ4n) is 6.80. The molecule has 180 valence electrons. The maximum absolute atomic E-state index is 13.5. The first-order chi connectivity index (χ1) is 15.9. The molecule has 3 N–H and O–H groups in total. The van der Waals surface area contributed by atoms with E-state index in [1.807, 2.05) is 12.0 Å². The number of hydrogen-bond donors (Lipinski definition) is 2. The molecular formula is C26H39N5O2. The monoisotopic (exact) mass is 453 g/mol. The predicted octanol–water partition coefficient (Wildman–Crippen LogP) is 3.13. The van der Waals surface area contributed by atoms with Crippen LogP contribution in [0.5, 0.6) is 0 Å². The van der Waals surface area contributed by atoms with Crippen molar-refractivity contribution in [2.45, 2.75) is 64.0 Å². The van der Waals surface area contributed by atoms with Gasteiger partial charge < -0.3 is 25.2 Å². The van der Waals surface area contributed by atoms with E-state index in [2.05, 4.69) is 34.9 Å². The van der Waals surface area contributed by atoms with Crippen molar-refractivity contribution in [2.75, 3.05) is 44.7 Å². The minimum atomic E-state index is 0.133. The number of ether oxygens (including phenoxy) is 1. The van der Waals surface area contributed by atoms with Gasteiger partial charge in [-0.25, -0.2) is 0 Å². The van der Waals surface area contributed by atoms with Crippen LogP contribution in [-0.2, 0) is 16.0 Å². The van der Waals surface area contributed by atoms with Crippen LogP contribution in [0.2, 0.25) is 0 Å². The molecule has 1 unspecified atom stereocenters. The summed E-state index contributed by atoms with van der Waals surface area (Å²) in [5, 5.41) is 7.65. The number of guanidine groups is 1. The molecule has 0 radical (unpaired) electrons. The second-order valence-electron chi connectivity index (χ2n) is 10.7. The molecule has 1 aromatic rings. The van der Waals surface area contributed by atoms with Gasteiger partial charge in [0.15, 0.2) is 5.96 Å². The molecule has 2 saturated heterocycles. The molecular weight excluding hydrogens is 414 g/mol. The Kier molecular flexibility index (Phi) is 6.02. The molecule has 0 bridgehead atoms. The number of hydrogen-bond acceptors (Lipinski definition) is 4. The number of piperidine rings is 2. The molecule has 4 aliphatic rings. The minimum absolute atomic E-state index is 0.133. The molecule has 33 heavy (non-hydrogen) atoms. The fraction of sp³-hybridized carbons (Fsp3) is 0.692. The van der Waals surface area contributed by atoms with Gasteiger partial charge in [0, 0.05) is 51.4 Å². The van der Waals surface area contributed by atoms with Gasteiger partial charge in [0.2, 0.25) is 5.91 Å². The van der Waals surface area contributed by atoms with Crippen molar-refractivity contribution < 1.29 is 9.53 Å². The van der Waals surface area contributed by atoms with Crippen LogP contribution in [0.1, 0.15) is 62.6 Å². The van der Waals surface area contributed by atoms with Crippen molar-refractivity contribution in [1.29, 1.82) is 5.41 Å². The Hall–Kier alpha value is -2.28. The molecule has 1 saturated carbocycles. The third-order valence-corrected chi connectivity index (χ3v) is 8.98. The average molecular weight is 454 g/mol. The van der Waals surface area contributed by atoms with Crippen LogP contribution in [-0.4, -0.2) is 67.6 Å². The summed E-state index contributed by atoms with van der Waals surface area (Å²) >= 11 is 0. The van der Waals surface area contributed by atoms with E-state index in [1.54, 1.807) is 0 Å². The lowest BCUT2D eigenvalue weighted by Crippen LogP contribution is -2.54. The first-order valence-corrected chi connectivity index (χ1v) is 12.7. The number of anilines is 1. The molecule has 1 atom stereocenters. The number of benzene rings is 1. The largest absolute Gasteiger partial charge is 0.381 e. The average Bonchev–Trinajstić information content (AvgIpc) is 2.82. The van der Waals surface area contributed by atoms with E-state index in [0.717, 1.165) is 77.7 Å².